The first-order valence-corrected chi connectivity index (χ1v) is 6.10. The lowest BCUT2D eigenvalue weighted by Gasteiger charge is -2.22. The van der Waals surface area contributed by atoms with E-state index in [-0.39, 0.29) is 16.4 Å². The molecule has 1 aromatic rings. The zero-order valence-corrected chi connectivity index (χ0v) is 11.5. The molecule has 0 bridgehead atoms. The number of benzene rings is 1. The van der Waals surface area contributed by atoms with Crippen LogP contribution in [-0.4, -0.2) is 7.05 Å². The molecule has 1 nitrogen and oxygen atoms in total. The molecule has 17 heavy (non-hydrogen) atoms. The van der Waals surface area contributed by atoms with E-state index >= 15 is 0 Å². The van der Waals surface area contributed by atoms with Gasteiger partial charge >= 0.3 is 6.18 Å². The van der Waals surface area contributed by atoms with Crippen LogP contribution in [-0.2, 0) is 6.18 Å². The Hall–Kier alpha value is -0.550. The number of nitrogens with one attached hydrogen (secondary N) is 1. The molecular formula is C12H15BrF3N. The standard InChI is InChI=1S/C12H15BrF3N/c1-7(2)11(17-3)8-4-5-10(13)9(6-8)12(14,15)16/h4-7,11,17H,1-3H3. The monoisotopic (exact) mass is 309 g/mol. The molecule has 0 spiro atoms. The molecule has 0 aliphatic heterocycles. The molecule has 0 aliphatic rings. The third kappa shape index (κ3) is 3.45. The van der Waals surface area contributed by atoms with E-state index in [1.54, 1.807) is 13.1 Å². The summed E-state index contributed by atoms with van der Waals surface area (Å²) in [6.45, 7) is 3.94. The van der Waals surface area contributed by atoms with Crippen molar-refractivity contribution in [2.24, 2.45) is 5.92 Å². The predicted molar refractivity (Wildman–Crippen MR) is 65.8 cm³/mol. The van der Waals surface area contributed by atoms with Crippen LogP contribution in [0.1, 0.15) is 31.0 Å². The van der Waals surface area contributed by atoms with Gasteiger partial charge in [-0.25, -0.2) is 0 Å². The van der Waals surface area contributed by atoms with Crippen LogP contribution in [0.4, 0.5) is 13.2 Å². The third-order valence-electron chi connectivity index (χ3n) is 2.63. The topological polar surface area (TPSA) is 12.0 Å². The first kappa shape index (κ1) is 14.5. The second-order valence-electron chi connectivity index (χ2n) is 4.25. The van der Waals surface area contributed by atoms with Gasteiger partial charge in [0, 0.05) is 10.5 Å². The van der Waals surface area contributed by atoms with Crippen molar-refractivity contribution >= 4 is 15.9 Å². The zero-order valence-electron chi connectivity index (χ0n) is 9.90. The Bertz CT molecular complexity index is 388. The van der Waals surface area contributed by atoms with Crippen molar-refractivity contribution in [3.8, 4) is 0 Å². The number of alkyl halides is 3. The number of halogens is 4. The summed E-state index contributed by atoms with van der Waals surface area (Å²) in [4.78, 5) is 0. The minimum atomic E-state index is -4.33. The van der Waals surface area contributed by atoms with Crippen LogP contribution < -0.4 is 5.32 Å². The second kappa shape index (κ2) is 5.40. The van der Waals surface area contributed by atoms with Crippen LogP contribution in [0, 0.1) is 5.92 Å². The molecule has 5 heteroatoms. The smallest absolute Gasteiger partial charge is 0.313 e. The van der Waals surface area contributed by atoms with Crippen LogP contribution in [0.5, 0.6) is 0 Å². The highest BCUT2D eigenvalue weighted by Gasteiger charge is 2.33. The highest BCUT2D eigenvalue weighted by Crippen LogP contribution is 2.37. The van der Waals surface area contributed by atoms with Crippen LogP contribution in [0.3, 0.4) is 0 Å². The Morgan fingerprint density at radius 3 is 2.24 bits per heavy atom. The maximum atomic E-state index is 12.7. The molecule has 0 aliphatic carbocycles. The molecule has 96 valence electrons. The Labute approximate surface area is 108 Å². The highest BCUT2D eigenvalue weighted by molar-refractivity contribution is 9.10. The van der Waals surface area contributed by atoms with Crippen molar-refractivity contribution in [2.45, 2.75) is 26.1 Å². The normalized spacial score (nSPS) is 14.1. The van der Waals surface area contributed by atoms with E-state index in [0.717, 1.165) is 0 Å². The predicted octanol–water partition coefficient (Wildman–Crippen LogP) is 4.38. The van der Waals surface area contributed by atoms with Crippen molar-refractivity contribution in [2.75, 3.05) is 7.05 Å². The molecule has 1 N–H and O–H groups in total. The van der Waals surface area contributed by atoms with Gasteiger partial charge in [-0.15, -0.1) is 0 Å². The minimum absolute atomic E-state index is 0.0763. The van der Waals surface area contributed by atoms with Crippen LogP contribution in [0.25, 0.3) is 0 Å². The fraction of sp³-hybridized carbons (Fsp3) is 0.500. The largest absolute Gasteiger partial charge is 0.417 e. The maximum Gasteiger partial charge on any atom is 0.417 e. The minimum Gasteiger partial charge on any atom is -0.313 e. The molecule has 1 aromatic carbocycles. The summed E-state index contributed by atoms with van der Waals surface area (Å²) in [6, 6.07) is 4.28. The Morgan fingerprint density at radius 2 is 1.82 bits per heavy atom. The second-order valence-corrected chi connectivity index (χ2v) is 5.10. The van der Waals surface area contributed by atoms with Gasteiger partial charge in [0.05, 0.1) is 5.56 Å². The van der Waals surface area contributed by atoms with Gasteiger partial charge in [0.2, 0.25) is 0 Å². The van der Waals surface area contributed by atoms with Crippen molar-refractivity contribution in [3.05, 3.63) is 33.8 Å². The maximum absolute atomic E-state index is 12.7. The van der Waals surface area contributed by atoms with Gasteiger partial charge in [-0.2, -0.15) is 13.2 Å². The molecule has 0 saturated carbocycles. The molecule has 0 heterocycles. The van der Waals surface area contributed by atoms with Gasteiger partial charge in [-0.05, 0) is 30.7 Å². The molecule has 1 atom stereocenters. The van der Waals surface area contributed by atoms with Crippen LogP contribution >= 0.6 is 15.9 Å². The fourth-order valence-corrected chi connectivity index (χ4v) is 2.31. The van der Waals surface area contributed by atoms with Gasteiger partial charge in [0.15, 0.2) is 0 Å². The zero-order chi connectivity index (χ0) is 13.2. The Kier molecular flexibility index (Phi) is 4.61. The molecule has 0 radical (unpaired) electrons. The van der Waals surface area contributed by atoms with Gasteiger partial charge in [0.25, 0.3) is 0 Å². The van der Waals surface area contributed by atoms with Crippen molar-refractivity contribution < 1.29 is 13.2 Å². The Morgan fingerprint density at radius 1 is 1.24 bits per heavy atom. The number of rotatable bonds is 3. The van der Waals surface area contributed by atoms with Gasteiger partial charge in [0.1, 0.15) is 0 Å². The van der Waals surface area contributed by atoms with E-state index in [2.05, 4.69) is 21.2 Å². The van der Waals surface area contributed by atoms with Crippen molar-refractivity contribution in [3.63, 3.8) is 0 Å². The summed E-state index contributed by atoms with van der Waals surface area (Å²) in [5, 5.41) is 3.03. The lowest BCUT2D eigenvalue weighted by Crippen LogP contribution is -2.22. The summed E-state index contributed by atoms with van der Waals surface area (Å²) >= 11 is 2.93. The fourth-order valence-electron chi connectivity index (χ4n) is 1.84. The third-order valence-corrected chi connectivity index (χ3v) is 3.32. The molecule has 1 rings (SSSR count). The van der Waals surface area contributed by atoms with E-state index in [9.17, 15) is 13.2 Å². The number of hydrogen-bond acceptors (Lipinski definition) is 1. The van der Waals surface area contributed by atoms with E-state index in [4.69, 9.17) is 0 Å². The Balaban J connectivity index is 3.21. The summed E-state index contributed by atoms with van der Waals surface area (Å²) in [5.74, 6) is 0.224. The van der Waals surface area contributed by atoms with Crippen LogP contribution in [0.2, 0.25) is 0 Å². The number of hydrogen-bond donors (Lipinski definition) is 1. The van der Waals surface area contributed by atoms with Gasteiger partial charge < -0.3 is 5.32 Å². The van der Waals surface area contributed by atoms with E-state index in [0.29, 0.717) is 5.56 Å². The van der Waals surface area contributed by atoms with Crippen molar-refractivity contribution in [1.82, 2.24) is 5.32 Å². The van der Waals surface area contributed by atoms with E-state index in [1.165, 1.54) is 12.1 Å². The summed E-state index contributed by atoms with van der Waals surface area (Å²) in [7, 11) is 1.75. The van der Waals surface area contributed by atoms with Crippen LogP contribution in [0.15, 0.2) is 22.7 Å². The molecule has 0 fully saturated rings. The van der Waals surface area contributed by atoms with Gasteiger partial charge in [-0.1, -0.05) is 35.8 Å². The molecule has 0 amide bonds. The average molecular weight is 310 g/mol. The lowest BCUT2D eigenvalue weighted by atomic mass is 9.95. The quantitative estimate of drug-likeness (QED) is 0.873. The van der Waals surface area contributed by atoms with E-state index < -0.39 is 11.7 Å². The van der Waals surface area contributed by atoms with Crippen molar-refractivity contribution in [1.29, 1.82) is 0 Å². The first-order chi connectivity index (χ1) is 7.77. The summed E-state index contributed by atoms with van der Waals surface area (Å²) in [6.07, 6.45) is -4.33. The lowest BCUT2D eigenvalue weighted by molar-refractivity contribution is -0.138. The average Bonchev–Trinajstić information content (AvgIpc) is 2.19. The molecule has 0 aromatic heterocycles. The summed E-state index contributed by atoms with van der Waals surface area (Å²) in [5.41, 5.74) is 0.0222. The van der Waals surface area contributed by atoms with Gasteiger partial charge in [-0.3, -0.25) is 0 Å². The molecular weight excluding hydrogens is 295 g/mol. The summed E-state index contributed by atoms with van der Waals surface area (Å²) < 4.78 is 38.3. The SMILES string of the molecule is CNC(c1ccc(Br)c(C(F)(F)F)c1)C(C)C. The van der Waals surface area contributed by atoms with E-state index in [1.807, 2.05) is 13.8 Å². The highest BCUT2D eigenvalue weighted by atomic mass is 79.9. The molecule has 0 saturated heterocycles. The molecule has 1 unspecified atom stereocenters. The first-order valence-electron chi connectivity index (χ1n) is 5.31.